The summed E-state index contributed by atoms with van der Waals surface area (Å²) in [5.41, 5.74) is 0.498. The molecule has 136 valence electrons. The molecular weight excluding hydrogens is 382 g/mol. The van der Waals surface area contributed by atoms with Crippen LogP contribution in [-0.2, 0) is 14.4 Å². The molecule has 11 heteroatoms. The van der Waals surface area contributed by atoms with E-state index < -0.39 is 35.3 Å². The third-order valence-corrected chi connectivity index (χ3v) is 4.74. The van der Waals surface area contributed by atoms with Gasteiger partial charge in [-0.05, 0) is 30.7 Å². The molecule has 26 heavy (non-hydrogen) atoms. The number of carboxylic acid groups (broad SMARTS) is 1. The van der Waals surface area contributed by atoms with Crippen LogP contribution in [0.4, 0.5) is 5.69 Å². The van der Waals surface area contributed by atoms with E-state index in [0.717, 1.165) is 16.7 Å². The van der Waals surface area contributed by atoms with Gasteiger partial charge in [-0.3, -0.25) is 29.4 Å². The minimum absolute atomic E-state index is 0.0709. The van der Waals surface area contributed by atoms with E-state index in [-0.39, 0.29) is 14.9 Å². The molecule has 0 spiro atoms. The highest BCUT2D eigenvalue weighted by Gasteiger charge is 2.38. The molecule has 1 aliphatic rings. The molecule has 1 aromatic carbocycles. The molecule has 0 aromatic heterocycles. The highest BCUT2D eigenvalue weighted by molar-refractivity contribution is 8.26. The van der Waals surface area contributed by atoms with Crippen molar-refractivity contribution < 1.29 is 24.4 Å². The Labute approximate surface area is 157 Å². The van der Waals surface area contributed by atoms with Crippen LogP contribution in [-0.4, -0.2) is 49.6 Å². The van der Waals surface area contributed by atoms with Crippen molar-refractivity contribution in [2.45, 2.75) is 13.0 Å². The molecule has 1 heterocycles. The van der Waals surface area contributed by atoms with Crippen LogP contribution in [0.2, 0.25) is 0 Å². The molecule has 1 fully saturated rings. The molecule has 0 radical (unpaired) electrons. The van der Waals surface area contributed by atoms with Gasteiger partial charge in [0.05, 0.1) is 9.83 Å². The maximum absolute atomic E-state index is 12.5. The Morgan fingerprint density at radius 2 is 2.04 bits per heavy atom. The SMILES string of the molecule is CC(C(=O)NCC(=O)O)N1C(=O)/C(=C/c2ccc([N+](=O)[O-])cc2)SC1=S. The number of nitrogens with one attached hydrogen (secondary N) is 1. The molecule has 1 unspecified atom stereocenters. The summed E-state index contributed by atoms with van der Waals surface area (Å²) >= 11 is 6.13. The van der Waals surface area contributed by atoms with E-state index in [0.29, 0.717) is 5.56 Å². The van der Waals surface area contributed by atoms with Gasteiger partial charge in [0.15, 0.2) is 0 Å². The lowest BCUT2D eigenvalue weighted by Gasteiger charge is -2.21. The van der Waals surface area contributed by atoms with E-state index in [1.807, 2.05) is 0 Å². The van der Waals surface area contributed by atoms with Crippen LogP contribution in [0.25, 0.3) is 6.08 Å². The number of carbonyl (C=O) groups excluding carboxylic acids is 2. The average Bonchev–Trinajstić information content (AvgIpc) is 2.86. The molecular formula is C15H13N3O6S2. The van der Waals surface area contributed by atoms with Gasteiger partial charge >= 0.3 is 5.97 Å². The Kier molecular flexibility index (Phi) is 6.05. The molecule has 1 aromatic rings. The van der Waals surface area contributed by atoms with Gasteiger partial charge in [0.2, 0.25) is 5.91 Å². The molecule has 0 bridgehead atoms. The predicted octanol–water partition coefficient (Wildman–Crippen LogP) is 1.39. The molecule has 9 nitrogen and oxygen atoms in total. The second-order valence-corrected chi connectivity index (χ2v) is 6.86. The summed E-state index contributed by atoms with van der Waals surface area (Å²) in [4.78, 5) is 46.5. The third-order valence-electron chi connectivity index (χ3n) is 3.41. The Bertz CT molecular complexity index is 821. The van der Waals surface area contributed by atoms with E-state index >= 15 is 0 Å². The second-order valence-electron chi connectivity index (χ2n) is 5.19. The van der Waals surface area contributed by atoms with Crippen molar-refractivity contribution in [3.8, 4) is 0 Å². The number of hydrogen-bond donors (Lipinski definition) is 2. The lowest BCUT2D eigenvalue weighted by Crippen LogP contribution is -2.48. The Balaban J connectivity index is 2.15. The first kappa shape index (κ1) is 19.5. The number of amides is 2. The average molecular weight is 395 g/mol. The van der Waals surface area contributed by atoms with Gasteiger partial charge in [-0.1, -0.05) is 24.0 Å². The monoisotopic (exact) mass is 395 g/mol. The van der Waals surface area contributed by atoms with Gasteiger partial charge in [-0.2, -0.15) is 0 Å². The zero-order chi connectivity index (χ0) is 19.4. The van der Waals surface area contributed by atoms with Gasteiger partial charge < -0.3 is 10.4 Å². The summed E-state index contributed by atoms with van der Waals surface area (Å²) in [5, 5.41) is 21.5. The number of carbonyl (C=O) groups is 3. The Morgan fingerprint density at radius 3 is 2.58 bits per heavy atom. The van der Waals surface area contributed by atoms with Crippen LogP contribution in [0.15, 0.2) is 29.2 Å². The van der Waals surface area contributed by atoms with Crippen molar-refractivity contribution in [2.75, 3.05) is 6.54 Å². The number of nitro benzene ring substituents is 1. The molecule has 1 saturated heterocycles. The van der Waals surface area contributed by atoms with Crippen molar-refractivity contribution in [1.82, 2.24) is 10.2 Å². The second kappa shape index (κ2) is 8.06. The van der Waals surface area contributed by atoms with E-state index in [1.165, 1.54) is 37.3 Å². The van der Waals surface area contributed by atoms with Crippen LogP contribution in [0.5, 0.6) is 0 Å². The summed E-state index contributed by atoms with van der Waals surface area (Å²) in [6.07, 6.45) is 1.52. The highest BCUT2D eigenvalue weighted by atomic mass is 32.2. The molecule has 2 amide bonds. The van der Waals surface area contributed by atoms with Crippen molar-refractivity contribution in [3.63, 3.8) is 0 Å². The zero-order valence-electron chi connectivity index (χ0n) is 13.4. The lowest BCUT2D eigenvalue weighted by atomic mass is 10.2. The topological polar surface area (TPSA) is 130 Å². The minimum atomic E-state index is -1.20. The smallest absolute Gasteiger partial charge is 0.322 e. The maximum atomic E-state index is 12.5. The number of thiocarbonyl (C=S) groups is 1. The van der Waals surface area contributed by atoms with Crippen LogP contribution >= 0.6 is 24.0 Å². The number of non-ortho nitro benzene ring substituents is 1. The van der Waals surface area contributed by atoms with Crippen LogP contribution in [0, 0.1) is 10.1 Å². The largest absolute Gasteiger partial charge is 0.480 e. The van der Waals surface area contributed by atoms with E-state index in [4.69, 9.17) is 17.3 Å². The van der Waals surface area contributed by atoms with Gasteiger partial charge in [-0.25, -0.2) is 0 Å². The first-order valence-corrected chi connectivity index (χ1v) is 8.44. The first-order valence-electron chi connectivity index (χ1n) is 7.21. The number of hydrogen-bond acceptors (Lipinski definition) is 7. The van der Waals surface area contributed by atoms with E-state index in [9.17, 15) is 24.5 Å². The minimum Gasteiger partial charge on any atom is -0.480 e. The molecule has 0 saturated carbocycles. The fourth-order valence-corrected chi connectivity index (χ4v) is 3.50. The number of carboxylic acids is 1. The van der Waals surface area contributed by atoms with Crippen LogP contribution in [0.3, 0.4) is 0 Å². The lowest BCUT2D eigenvalue weighted by molar-refractivity contribution is -0.384. The number of aliphatic carboxylic acids is 1. The number of rotatable bonds is 6. The van der Waals surface area contributed by atoms with Crippen molar-refractivity contribution in [3.05, 3.63) is 44.8 Å². The summed E-state index contributed by atoms with van der Waals surface area (Å²) in [6.45, 7) is 0.882. The van der Waals surface area contributed by atoms with Crippen molar-refractivity contribution in [1.29, 1.82) is 0 Å². The first-order chi connectivity index (χ1) is 12.2. The fraction of sp³-hybridized carbons (Fsp3) is 0.200. The van der Waals surface area contributed by atoms with E-state index in [2.05, 4.69) is 5.32 Å². The number of nitro groups is 1. The van der Waals surface area contributed by atoms with Gasteiger partial charge in [0.25, 0.3) is 11.6 Å². The molecule has 1 aliphatic heterocycles. The summed E-state index contributed by atoms with van der Waals surface area (Å²) in [6, 6.07) is 4.65. The fourth-order valence-electron chi connectivity index (χ4n) is 2.09. The van der Waals surface area contributed by atoms with E-state index in [1.54, 1.807) is 0 Å². The number of benzene rings is 1. The predicted molar refractivity (Wildman–Crippen MR) is 98.2 cm³/mol. The van der Waals surface area contributed by atoms with Crippen molar-refractivity contribution in [2.24, 2.45) is 0 Å². The Morgan fingerprint density at radius 1 is 1.42 bits per heavy atom. The molecule has 2 N–H and O–H groups in total. The maximum Gasteiger partial charge on any atom is 0.322 e. The normalized spacial score (nSPS) is 16.7. The van der Waals surface area contributed by atoms with Crippen molar-refractivity contribution >= 4 is 57.8 Å². The van der Waals surface area contributed by atoms with Gasteiger partial charge in [0.1, 0.15) is 16.9 Å². The van der Waals surface area contributed by atoms with Gasteiger partial charge in [0, 0.05) is 12.1 Å². The summed E-state index contributed by atoms with van der Waals surface area (Å²) < 4.78 is 0.168. The van der Waals surface area contributed by atoms with Gasteiger partial charge in [-0.15, -0.1) is 0 Å². The summed E-state index contributed by atoms with van der Waals surface area (Å²) in [7, 11) is 0. The standard InChI is InChI=1S/C15H13N3O6S2/c1-8(13(21)16-7-12(19)20)17-14(22)11(26-15(17)25)6-9-2-4-10(5-3-9)18(23)24/h2-6,8H,7H2,1H3,(H,16,21)(H,19,20)/b11-6-. The quantitative estimate of drug-likeness (QED) is 0.320. The van der Waals surface area contributed by atoms with Crippen LogP contribution < -0.4 is 5.32 Å². The highest BCUT2D eigenvalue weighted by Crippen LogP contribution is 2.34. The Hall–Kier alpha value is -2.79. The van der Waals surface area contributed by atoms with Crippen LogP contribution in [0.1, 0.15) is 12.5 Å². The molecule has 0 aliphatic carbocycles. The third kappa shape index (κ3) is 4.43. The summed E-state index contributed by atoms with van der Waals surface area (Å²) in [5.74, 6) is -2.33. The number of nitrogens with zero attached hydrogens (tertiary/aromatic N) is 2. The zero-order valence-corrected chi connectivity index (χ0v) is 15.0. The molecule has 2 rings (SSSR count). The molecule has 1 atom stereocenters. The number of thioether (sulfide) groups is 1.